The summed E-state index contributed by atoms with van der Waals surface area (Å²) in [5.74, 6) is -0.200. The van der Waals surface area contributed by atoms with E-state index in [0.29, 0.717) is 0 Å². The van der Waals surface area contributed by atoms with Crippen LogP contribution < -0.4 is 0 Å². The largest absolute Gasteiger partial charge is 0.207 e. The van der Waals surface area contributed by atoms with Gasteiger partial charge in [0.2, 0.25) is 0 Å². The lowest BCUT2D eigenvalue weighted by atomic mass is 10.2. The van der Waals surface area contributed by atoms with Crippen LogP contribution in [0.3, 0.4) is 0 Å². The molecule has 0 N–H and O–H groups in total. The summed E-state index contributed by atoms with van der Waals surface area (Å²) in [6.45, 7) is 1.99. The highest BCUT2D eigenvalue weighted by Gasteiger charge is 1.89. The Kier molecular flexibility index (Phi) is 1.83. The van der Waals surface area contributed by atoms with E-state index in [1.54, 1.807) is 6.07 Å². The van der Waals surface area contributed by atoms with Gasteiger partial charge in [0.15, 0.2) is 0 Å². The predicted molar refractivity (Wildman–Crippen MR) is 34.6 cm³/mol. The van der Waals surface area contributed by atoms with Crippen LogP contribution in [-0.4, -0.2) is 0 Å². The minimum atomic E-state index is -0.200. The Labute approximate surface area is 54.3 Å². The number of aryl methyl sites for hydroxylation is 1. The topological polar surface area (TPSA) is 0 Å². The fourth-order valence-corrected chi connectivity index (χ4v) is 0.693. The van der Waals surface area contributed by atoms with Crippen LogP contribution in [0.25, 0.3) is 0 Å². The molecular formula is C8H8F. The second-order valence-corrected chi connectivity index (χ2v) is 1.91. The Morgan fingerprint density at radius 1 is 1.56 bits per heavy atom. The van der Waals surface area contributed by atoms with Crippen molar-refractivity contribution in [2.24, 2.45) is 0 Å². The van der Waals surface area contributed by atoms with Gasteiger partial charge < -0.3 is 0 Å². The zero-order valence-electron chi connectivity index (χ0n) is 5.32. The van der Waals surface area contributed by atoms with Crippen molar-refractivity contribution in [2.75, 3.05) is 0 Å². The van der Waals surface area contributed by atoms with E-state index < -0.39 is 0 Å². The Morgan fingerprint density at radius 3 is 2.78 bits per heavy atom. The second-order valence-electron chi connectivity index (χ2n) is 1.91. The third-order valence-corrected chi connectivity index (χ3v) is 1.22. The van der Waals surface area contributed by atoms with Crippen LogP contribution in [0.5, 0.6) is 0 Å². The first-order valence-electron chi connectivity index (χ1n) is 2.98. The van der Waals surface area contributed by atoms with Crippen molar-refractivity contribution in [2.45, 2.75) is 13.3 Å². The van der Waals surface area contributed by atoms with Crippen LogP contribution in [-0.2, 0) is 6.42 Å². The van der Waals surface area contributed by atoms with Gasteiger partial charge in [0.1, 0.15) is 5.82 Å². The summed E-state index contributed by atoms with van der Waals surface area (Å²) in [7, 11) is 0. The zero-order valence-corrected chi connectivity index (χ0v) is 5.32. The molecule has 0 aliphatic carbocycles. The van der Waals surface area contributed by atoms with Crippen LogP contribution in [0.1, 0.15) is 12.5 Å². The lowest BCUT2D eigenvalue weighted by Crippen LogP contribution is -1.80. The summed E-state index contributed by atoms with van der Waals surface area (Å²) in [6, 6.07) is 7.36. The summed E-state index contributed by atoms with van der Waals surface area (Å²) >= 11 is 0. The van der Waals surface area contributed by atoms with Crippen LogP contribution in [0.4, 0.5) is 4.39 Å². The molecule has 1 rings (SSSR count). The van der Waals surface area contributed by atoms with Crippen molar-refractivity contribution in [1.82, 2.24) is 0 Å². The van der Waals surface area contributed by atoms with Gasteiger partial charge in [-0.1, -0.05) is 13.0 Å². The molecule has 0 aliphatic heterocycles. The van der Waals surface area contributed by atoms with Gasteiger partial charge >= 0.3 is 0 Å². The van der Waals surface area contributed by atoms with Gasteiger partial charge in [-0.05, 0) is 30.2 Å². The third kappa shape index (κ3) is 1.53. The smallest absolute Gasteiger partial charge is 0.124 e. The molecule has 47 valence electrons. The lowest BCUT2D eigenvalue weighted by Gasteiger charge is -1.92. The van der Waals surface area contributed by atoms with Crippen LogP contribution in [0.15, 0.2) is 18.2 Å². The van der Waals surface area contributed by atoms with Gasteiger partial charge in [-0.25, -0.2) is 4.39 Å². The van der Waals surface area contributed by atoms with Crippen molar-refractivity contribution >= 4 is 0 Å². The second kappa shape index (κ2) is 2.62. The maximum absolute atomic E-state index is 12.3. The average Bonchev–Trinajstić information content (AvgIpc) is 1.88. The summed E-state index contributed by atoms with van der Waals surface area (Å²) < 4.78 is 12.3. The first kappa shape index (κ1) is 6.27. The highest BCUT2D eigenvalue weighted by Crippen LogP contribution is 2.02. The predicted octanol–water partition coefficient (Wildman–Crippen LogP) is 2.19. The maximum Gasteiger partial charge on any atom is 0.124 e. The van der Waals surface area contributed by atoms with Crippen LogP contribution >= 0.6 is 0 Å². The van der Waals surface area contributed by atoms with Crippen molar-refractivity contribution in [3.63, 3.8) is 0 Å². The van der Waals surface area contributed by atoms with E-state index in [1.165, 1.54) is 12.1 Å². The minimum Gasteiger partial charge on any atom is -0.207 e. The molecule has 1 heteroatoms. The van der Waals surface area contributed by atoms with E-state index in [2.05, 4.69) is 6.07 Å². The van der Waals surface area contributed by atoms with Gasteiger partial charge in [0, 0.05) is 0 Å². The molecular weight excluding hydrogens is 115 g/mol. The van der Waals surface area contributed by atoms with E-state index in [4.69, 9.17) is 0 Å². The third-order valence-electron chi connectivity index (χ3n) is 1.22. The van der Waals surface area contributed by atoms with Gasteiger partial charge in [-0.3, -0.25) is 0 Å². The molecule has 0 nitrogen and oxygen atoms in total. The molecule has 0 atom stereocenters. The maximum atomic E-state index is 12.3. The molecule has 0 saturated heterocycles. The number of hydrogen-bond donors (Lipinski definition) is 0. The Balaban J connectivity index is 2.94. The monoisotopic (exact) mass is 123 g/mol. The molecule has 1 radical (unpaired) electrons. The number of benzene rings is 1. The minimum absolute atomic E-state index is 0.200. The quantitative estimate of drug-likeness (QED) is 0.537. The van der Waals surface area contributed by atoms with Gasteiger partial charge in [0.25, 0.3) is 0 Å². The van der Waals surface area contributed by atoms with E-state index >= 15 is 0 Å². The van der Waals surface area contributed by atoms with Crippen molar-refractivity contribution in [3.05, 3.63) is 35.6 Å². The summed E-state index contributed by atoms with van der Waals surface area (Å²) in [4.78, 5) is 0. The molecule has 1 aromatic rings. The van der Waals surface area contributed by atoms with Gasteiger partial charge in [-0.2, -0.15) is 0 Å². The van der Waals surface area contributed by atoms with E-state index in [0.717, 1.165) is 12.0 Å². The number of hydrogen-bond acceptors (Lipinski definition) is 0. The molecule has 9 heavy (non-hydrogen) atoms. The fourth-order valence-electron chi connectivity index (χ4n) is 0.693. The lowest BCUT2D eigenvalue weighted by molar-refractivity contribution is 0.625. The number of rotatable bonds is 1. The average molecular weight is 123 g/mol. The van der Waals surface area contributed by atoms with E-state index in [9.17, 15) is 4.39 Å². The Morgan fingerprint density at radius 2 is 2.33 bits per heavy atom. The molecule has 0 aliphatic rings. The highest BCUT2D eigenvalue weighted by atomic mass is 19.1. The molecule has 0 aromatic heterocycles. The number of halogens is 1. The highest BCUT2D eigenvalue weighted by molar-refractivity contribution is 5.14. The Hall–Kier alpha value is -0.850. The standard InChI is InChI=1S/C8H8F/c1-2-7-4-3-5-8(9)6-7/h4-6H,2H2,1H3. The van der Waals surface area contributed by atoms with E-state index in [-0.39, 0.29) is 5.82 Å². The molecule has 0 heterocycles. The summed E-state index contributed by atoms with van der Waals surface area (Å²) in [6.07, 6.45) is 0.869. The van der Waals surface area contributed by atoms with Crippen LogP contribution in [0.2, 0.25) is 0 Å². The molecule has 0 unspecified atom stereocenters. The van der Waals surface area contributed by atoms with Gasteiger partial charge in [-0.15, -0.1) is 0 Å². The molecule has 0 spiro atoms. The zero-order chi connectivity index (χ0) is 6.69. The van der Waals surface area contributed by atoms with E-state index in [1.807, 2.05) is 6.92 Å². The SMILES string of the molecule is CCc1c[c]cc(F)c1. The molecule has 1 aromatic carbocycles. The summed E-state index contributed by atoms with van der Waals surface area (Å²) in [5, 5.41) is 0. The molecule has 0 fully saturated rings. The van der Waals surface area contributed by atoms with Crippen molar-refractivity contribution in [3.8, 4) is 0 Å². The fraction of sp³-hybridized carbons (Fsp3) is 0.250. The van der Waals surface area contributed by atoms with Crippen LogP contribution in [0, 0.1) is 11.9 Å². The normalized spacial score (nSPS) is 9.56. The molecule has 0 bridgehead atoms. The first-order valence-corrected chi connectivity index (χ1v) is 2.98. The van der Waals surface area contributed by atoms with Crippen molar-refractivity contribution in [1.29, 1.82) is 0 Å². The van der Waals surface area contributed by atoms with Gasteiger partial charge in [0.05, 0.1) is 0 Å². The summed E-state index contributed by atoms with van der Waals surface area (Å²) in [5.41, 5.74) is 0.995. The Bertz CT molecular complexity index is 194. The molecule has 0 amide bonds. The first-order chi connectivity index (χ1) is 4.33. The van der Waals surface area contributed by atoms with Crippen molar-refractivity contribution < 1.29 is 4.39 Å². The molecule has 0 saturated carbocycles.